The van der Waals surface area contributed by atoms with Crippen LogP contribution in [-0.4, -0.2) is 22.3 Å². The molecule has 1 aromatic carbocycles. The average Bonchev–Trinajstić information content (AvgIpc) is 2.59. The maximum absolute atomic E-state index is 9.99. The third-order valence-electron chi connectivity index (χ3n) is 4.32. The van der Waals surface area contributed by atoms with Crippen molar-refractivity contribution in [3.63, 3.8) is 0 Å². The first-order valence-corrected chi connectivity index (χ1v) is 8.34. The summed E-state index contributed by atoms with van der Waals surface area (Å²) in [7, 11) is 0. The van der Waals surface area contributed by atoms with E-state index in [0.717, 1.165) is 42.8 Å². The van der Waals surface area contributed by atoms with Gasteiger partial charge in [-0.15, -0.1) is 0 Å². The van der Waals surface area contributed by atoms with Crippen LogP contribution in [0.3, 0.4) is 0 Å². The van der Waals surface area contributed by atoms with Crippen molar-refractivity contribution in [3.05, 3.63) is 54.4 Å². The molecule has 4 nitrogen and oxygen atoms in total. The van der Waals surface area contributed by atoms with Crippen molar-refractivity contribution >= 4 is 5.69 Å². The molecule has 1 aliphatic rings. The number of anilines is 1. The van der Waals surface area contributed by atoms with Crippen LogP contribution >= 0.6 is 0 Å². The lowest BCUT2D eigenvalue weighted by Gasteiger charge is -2.28. The molecule has 122 valence electrons. The van der Waals surface area contributed by atoms with Crippen molar-refractivity contribution in [1.82, 2.24) is 4.98 Å². The number of aliphatic hydroxyl groups is 1. The number of rotatable bonds is 5. The summed E-state index contributed by atoms with van der Waals surface area (Å²) in [6.45, 7) is 2.09. The van der Waals surface area contributed by atoms with Crippen molar-refractivity contribution in [2.24, 2.45) is 0 Å². The fraction of sp³-hybridized carbons (Fsp3) is 0.421. The Kier molecular flexibility index (Phi) is 5.13. The second kappa shape index (κ2) is 7.47. The summed E-state index contributed by atoms with van der Waals surface area (Å²) >= 11 is 0. The molecule has 2 aromatic rings. The second-order valence-corrected chi connectivity index (χ2v) is 6.15. The molecule has 4 heteroatoms. The molecule has 1 aromatic heterocycles. The van der Waals surface area contributed by atoms with Gasteiger partial charge in [-0.2, -0.15) is 0 Å². The fourth-order valence-electron chi connectivity index (χ4n) is 2.98. The molecule has 0 bridgehead atoms. The Morgan fingerprint density at radius 2 is 1.91 bits per heavy atom. The molecule has 1 saturated carbocycles. The molecule has 0 aliphatic heterocycles. The lowest BCUT2D eigenvalue weighted by atomic mass is 9.95. The number of nitrogens with one attached hydrogen (secondary N) is 1. The molecule has 0 radical (unpaired) electrons. The molecule has 1 aliphatic carbocycles. The number of pyridine rings is 1. The van der Waals surface area contributed by atoms with E-state index in [4.69, 9.17) is 4.74 Å². The number of hydrogen-bond donors (Lipinski definition) is 2. The standard InChI is InChI=1S/C19H24N2O2/c1-14(17-6-4-5-13-20-17)21-15-9-11-16(12-10-15)23-19-8-3-2-7-18(19)22/h4-6,9-14,18-19,21-22H,2-3,7-8H2,1H3. The Morgan fingerprint density at radius 3 is 2.61 bits per heavy atom. The molecule has 1 heterocycles. The Morgan fingerprint density at radius 1 is 1.13 bits per heavy atom. The minimum absolute atomic E-state index is 0.0741. The zero-order chi connectivity index (χ0) is 16.1. The summed E-state index contributed by atoms with van der Waals surface area (Å²) in [6, 6.07) is 14.0. The van der Waals surface area contributed by atoms with Crippen LogP contribution in [0.5, 0.6) is 5.75 Å². The van der Waals surface area contributed by atoms with E-state index in [1.165, 1.54) is 0 Å². The molecular weight excluding hydrogens is 288 g/mol. The third-order valence-corrected chi connectivity index (χ3v) is 4.32. The summed E-state index contributed by atoms with van der Waals surface area (Å²) in [5, 5.41) is 13.4. The predicted molar refractivity (Wildman–Crippen MR) is 91.6 cm³/mol. The van der Waals surface area contributed by atoms with Crippen LogP contribution < -0.4 is 10.1 Å². The number of benzene rings is 1. The highest BCUT2D eigenvalue weighted by atomic mass is 16.5. The topological polar surface area (TPSA) is 54.4 Å². The van der Waals surface area contributed by atoms with E-state index >= 15 is 0 Å². The SMILES string of the molecule is CC(Nc1ccc(OC2CCCCC2O)cc1)c1ccccn1. The first-order valence-electron chi connectivity index (χ1n) is 8.34. The van der Waals surface area contributed by atoms with Crippen LogP contribution in [0.1, 0.15) is 44.3 Å². The molecule has 0 amide bonds. The minimum Gasteiger partial charge on any atom is -0.488 e. The molecule has 3 unspecified atom stereocenters. The fourth-order valence-corrected chi connectivity index (χ4v) is 2.98. The van der Waals surface area contributed by atoms with E-state index in [1.807, 2.05) is 42.5 Å². The van der Waals surface area contributed by atoms with Crippen molar-refractivity contribution in [2.75, 3.05) is 5.32 Å². The van der Waals surface area contributed by atoms with Gasteiger partial charge in [0.05, 0.1) is 17.8 Å². The third kappa shape index (κ3) is 4.23. The van der Waals surface area contributed by atoms with Gasteiger partial charge in [-0.3, -0.25) is 4.98 Å². The maximum atomic E-state index is 9.99. The van der Waals surface area contributed by atoms with Gasteiger partial charge >= 0.3 is 0 Å². The van der Waals surface area contributed by atoms with E-state index in [1.54, 1.807) is 6.20 Å². The highest BCUT2D eigenvalue weighted by Crippen LogP contribution is 2.25. The van der Waals surface area contributed by atoms with Crippen LogP contribution in [0.4, 0.5) is 5.69 Å². The number of aromatic nitrogens is 1. The minimum atomic E-state index is -0.342. The molecule has 2 N–H and O–H groups in total. The van der Waals surface area contributed by atoms with Gasteiger partial charge in [0, 0.05) is 11.9 Å². The van der Waals surface area contributed by atoms with Crippen LogP contribution in [-0.2, 0) is 0 Å². The van der Waals surface area contributed by atoms with Crippen LogP contribution in [0, 0.1) is 0 Å². The molecule has 3 atom stereocenters. The number of hydrogen-bond acceptors (Lipinski definition) is 4. The summed E-state index contributed by atoms with van der Waals surface area (Å²) < 4.78 is 5.92. The Balaban J connectivity index is 1.58. The summed E-state index contributed by atoms with van der Waals surface area (Å²) in [4.78, 5) is 4.36. The van der Waals surface area contributed by atoms with Crippen molar-refractivity contribution in [1.29, 1.82) is 0 Å². The Hall–Kier alpha value is -2.07. The Bertz CT molecular complexity index is 601. The van der Waals surface area contributed by atoms with Gasteiger partial charge in [0.25, 0.3) is 0 Å². The van der Waals surface area contributed by atoms with Crippen LogP contribution in [0.2, 0.25) is 0 Å². The number of nitrogens with zero attached hydrogens (tertiary/aromatic N) is 1. The number of ether oxygens (including phenoxy) is 1. The van der Waals surface area contributed by atoms with E-state index in [9.17, 15) is 5.11 Å². The van der Waals surface area contributed by atoms with Gasteiger partial charge in [0.1, 0.15) is 11.9 Å². The summed E-state index contributed by atoms with van der Waals surface area (Å²) in [5.74, 6) is 0.812. The smallest absolute Gasteiger partial charge is 0.124 e. The van der Waals surface area contributed by atoms with E-state index in [-0.39, 0.29) is 18.2 Å². The van der Waals surface area contributed by atoms with Crippen molar-refractivity contribution in [2.45, 2.75) is 50.9 Å². The average molecular weight is 312 g/mol. The molecule has 0 spiro atoms. The second-order valence-electron chi connectivity index (χ2n) is 6.15. The predicted octanol–water partition coefficient (Wildman–Crippen LogP) is 3.94. The van der Waals surface area contributed by atoms with E-state index in [0.29, 0.717) is 0 Å². The molecule has 1 fully saturated rings. The summed E-state index contributed by atoms with van der Waals surface area (Å²) in [6.07, 6.45) is 5.38. The quantitative estimate of drug-likeness (QED) is 0.878. The van der Waals surface area contributed by atoms with Gasteiger partial charge in [-0.1, -0.05) is 12.5 Å². The van der Waals surface area contributed by atoms with E-state index in [2.05, 4.69) is 17.2 Å². The maximum Gasteiger partial charge on any atom is 0.124 e. The largest absolute Gasteiger partial charge is 0.488 e. The van der Waals surface area contributed by atoms with Gasteiger partial charge < -0.3 is 15.2 Å². The van der Waals surface area contributed by atoms with Crippen molar-refractivity contribution < 1.29 is 9.84 Å². The van der Waals surface area contributed by atoms with Crippen molar-refractivity contribution in [3.8, 4) is 5.75 Å². The highest BCUT2D eigenvalue weighted by molar-refractivity contribution is 5.47. The van der Waals surface area contributed by atoms with Crippen LogP contribution in [0.15, 0.2) is 48.7 Å². The lowest BCUT2D eigenvalue weighted by molar-refractivity contribution is 0.00688. The molecule has 3 rings (SSSR count). The lowest BCUT2D eigenvalue weighted by Crippen LogP contribution is -2.34. The first-order chi connectivity index (χ1) is 11.2. The van der Waals surface area contributed by atoms with Gasteiger partial charge in [0.2, 0.25) is 0 Å². The Labute approximate surface area is 137 Å². The first kappa shape index (κ1) is 15.8. The molecular formula is C19H24N2O2. The highest BCUT2D eigenvalue weighted by Gasteiger charge is 2.24. The molecule has 0 saturated heterocycles. The van der Waals surface area contributed by atoms with Gasteiger partial charge in [-0.25, -0.2) is 0 Å². The zero-order valence-corrected chi connectivity index (χ0v) is 13.5. The van der Waals surface area contributed by atoms with Crippen LogP contribution in [0.25, 0.3) is 0 Å². The number of aliphatic hydroxyl groups excluding tert-OH is 1. The zero-order valence-electron chi connectivity index (χ0n) is 13.5. The van der Waals surface area contributed by atoms with Gasteiger partial charge in [0.15, 0.2) is 0 Å². The molecule has 23 heavy (non-hydrogen) atoms. The monoisotopic (exact) mass is 312 g/mol. The van der Waals surface area contributed by atoms with E-state index < -0.39 is 0 Å². The normalized spacial score (nSPS) is 22.3. The van der Waals surface area contributed by atoms with Gasteiger partial charge in [-0.05, 0) is 62.6 Å². The summed E-state index contributed by atoms with van der Waals surface area (Å²) in [5.41, 5.74) is 2.04.